The van der Waals surface area contributed by atoms with Crippen LogP contribution in [0.2, 0.25) is 0 Å². The average molecular weight is 777 g/mol. The quantitative estimate of drug-likeness (QED) is 0.141. The summed E-state index contributed by atoms with van der Waals surface area (Å²) < 4.78 is 50.0. The molecular formula is C27H38N8O11P2S2. The maximum Gasteiger partial charge on any atom is 0.386 e. The van der Waals surface area contributed by atoms with Crippen molar-refractivity contribution in [2.24, 2.45) is 11.3 Å². The first-order valence-corrected chi connectivity index (χ1v) is 20.9. The highest BCUT2D eigenvalue weighted by molar-refractivity contribution is 8.44. The number of carbonyl (C=O) groups is 1. The zero-order valence-electron chi connectivity index (χ0n) is 27.1. The number of amides is 1. The number of nitrogens with zero attached hydrogens (tertiary/aromatic N) is 5. The van der Waals surface area contributed by atoms with Crippen LogP contribution < -0.4 is 20.9 Å². The Kier molecular flexibility index (Phi) is 11.2. The molecule has 5 N–H and O–H groups in total. The van der Waals surface area contributed by atoms with E-state index in [4.69, 9.17) is 39.4 Å². The van der Waals surface area contributed by atoms with Crippen LogP contribution in [0.1, 0.15) is 39.3 Å². The minimum absolute atomic E-state index is 0.0407. The summed E-state index contributed by atoms with van der Waals surface area (Å²) in [5.74, 6) is -0.688. The van der Waals surface area contributed by atoms with Gasteiger partial charge in [0, 0.05) is 37.6 Å². The van der Waals surface area contributed by atoms with Crippen LogP contribution in [-0.2, 0) is 44.0 Å². The Morgan fingerprint density at radius 1 is 1.24 bits per heavy atom. The van der Waals surface area contributed by atoms with Gasteiger partial charge in [-0.05, 0) is 30.7 Å². The number of fused-ring (bicyclic) bond motifs is 4. The molecule has 19 nitrogen and oxygen atoms in total. The van der Waals surface area contributed by atoms with Crippen molar-refractivity contribution in [2.75, 3.05) is 32.1 Å². The number of aliphatic hydroxyl groups is 1. The van der Waals surface area contributed by atoms with Crippen molar-refractivity contribution in [2.45, 2.75) is 69.9 Å². The molecule has 2 saturated heterocycles. The Hall–Kier alpha value is -2.39. The smallest absolute Gasteiger partial charge is 0.386 e. The third-order valence-electron chi connectivity index (χ3n) is 8.38. The van der Waals surface area contributed by atoms with Gasteiger partial charge in [0.2, 0.25) is 17.7 Å². The number of aromatic nitrogens is 6. The lowest BCUT2D eigenvalue weighted by atomic mass is 9.89. The Morgan fingerprint density at radius 2 is 2.04 bits per heavy atom. The second kappa shape index (κ2) is 14.9. The van der Waals surface area contributed by atoms with Crippen LogP contribution >= 0.6 is 25.8 Å². The number of aromatic amines is 1. The van der Waals surface area contributed by atoms with Crippen molar-refractivity contribution in [1.82, 2.24) is 34.8 Å². The number of aliphatic hydroxyl groups excluding tert-OH is 1. The molecule has 1 amide bonds. The van der Waals surface area contributed by atoms with Crippen LogP contribution in [0.4, 0.5) is 5.95 Å². The maximum absolute atomic E-state index is 13.7. The standard InChI is InChI=1S/C27H38N8O11P2S2/c1-27(2,11-28-3)8-18(36)32-26-33-23-20(24(38)34-26)31-13-35(23)25-22-21(37)17(44-25)10-42-47(39,49)45-16-7-15(43-19-4-5-29-12-30-19)6-14(16)9-41-48(40,50)46-22/h4-5,12-17,21-22,25,28,37H,6-11H2,1-3H3,(H,39,49)(H,40,50)(H2,32,33,34,36,38)/t14-,15-,16+,17?,21-,22-,25-,47?,48?/m1/s1. The Bertz CT molecular complexity index is 1850. The van der Waals surface area contributed by atoms with Gasteiger partial charge >= 0.3 is 13.5 Å². The van der Waals surface area contributed by atoms with Crippen molar-refractivity contribution in [3.8, 4) is 5.88 Å². The van der Waals surface area contributed by atoms with Crippen molar-refractivity contribution >= 4 is 60.6 Å². The summed E-state index contributed by atoms with van der Waals surface area (Å²) in [6.07, 6.45) is -1.77. The van der Waals surface area contributed by atoms with Crippen molar-refractivity contribution in [3.05, 3.63) is 35.3 Å². The zero-order chi connectivity index (χ0) is 35.8. The molecule has 23 heteroatoms. The summed E-state index contributed by atoms with van der Waals surface area (Å²) >= 11 is 9.50. The van der Waals surface area contributed by atoms with Crippen molar-refractivity contribution in [3.63, 3.8) is 0 Å². The topological polar surface area (TPSA) is 243 Å². The largest absolute Gasteiger partial charge is 0.474 e. The van der Waals surface area contributed by atoms with Crippen LogP contribution in [0, 0.1) is 11.3 Å². The average Bonchev–Trinajstić information content (AvgIpc) is 3.70. The van der Waals surface area contributed by atoms with Gasteiger partial charge in [-0.25, -0.2) is 19.5 Å². The second-order valence-corrected chi connectivity index (χ2v) is 18.6. The summed E-state index contributed by atoms with van der Waals surface area (Å²) in [5, 5.41) is 17.0. The van der Waals surface area contributed by atoms with E-state index in [-0.39, 0.29) is 42.0 Å². The van der Waals surface area contributed by atoms with Gasteiger partial charge in [0.25, 0.3) is 5.56 Å². The van der Waals surface area contributed by atoms with Gasteiger partial charge in [-0.1, -0.05) is 26.1 Å². The van der Waals surface area contributed by atoms with Gasteiger partial charge in [0.05, 0.1) is 25.6 Å². The molecular weight excluding hydrogens is 738 g/mol. The Balaban J connectivity index is 1.25. The van der Waals surface area contributed by atoms with Gasteiger partial charge in [-0.15, -0.1) is 0 Å². The third-order valence-corrected chi connectivity index (χ3v) is 11.6. The highest BCUT2D eigenvalue weighted by Gasteiger charge is 2.51. The minimum atomic E-state index is -4.23. The van der Waals surface area contributed by atoms with Gasteiger partial charge in [0.1, 0.15) is 30.7 Å². The van der Waals surface area contributed by atoms with Crippen LogP contribution in [0.5, 0.6) is 5.88 Å². The predicted octanol–water partition coefficient (Wildman–Crippen LogP) is 1.67. The molecule has 274 valence electrons. The minimum Gasteiger partial charge on any atom is -0.474 e. The number of hydrogen-bond acceptors (Lipinski definition) is 16. The molecule has 1 aliphatic carbocycles. The molecule has 0 radical (unpaired) electrons. The highest BCUT2D eigenvalue weighted by Crippen LogP contribution is 2.58. The number of nitrogens with one attached hydrogen (secondary N) is 3. The number of thiol groups is 1. The van der Waals surface area contributed by atoms with Crippen LogP contribution in [0.25, 0.3) is 11.2 Å². The third kappa shape index (κ3) is 8.79. The molecule has 50 heavy (non-hydrogen) atoms. The maximum atomic E-state index is 13.7. The fourth-order valence-electron chi connectivity index (χ4n) is 6.22. The van der Waals surface area contributed by atoms with Crippen LogP contribution in [0.3, 0.4) is 0 Å². The highest BCUT2D eigenvalue weighted by atomic mass is 32.7. The molecule has 0 aromatic carbocycles. The lowest BCUT2D eigenvalue weighted by Crippen LogP contribution is -2.35. The summed E-state index contributed by atoms with van der Waals surface area (Å²) in [6.45, 7) is -4.44. The first-order valence-electron chi connectivity index (χ1n) is 15.6. The van der Waals surface area contributed by atoms with E-state index in [1.165, 1.54) is 23.4 Å². The number of hydrogen-bond donors (Lipinski definition) is 6. The molecule has 3 aliphatic rings. The fraction of sp³-hybridized carbons (Fsp3) is 0.630. The lowest BCUT2D eigenvalue weighted by Gasteiger charge is -2.27. The molecule has 2 aliphatic heterocycles. The van der Waals surface area contributed by atoms with Crippen molar-refractivity contribution < 1.29 is 46.9 Å². The lowest BCUT2D eigenvalue weighted by molar-refractivity contribution is -0.118. The second-order valence-electron chi connectivity index (χ2n) is 13.0. The normalized spacial score (nSPS) is 33.6. The van der Waals surface area contributed by atoms with Gasteiger partial charge in [-0.3, -0.25) is 29.0 Å². The molecule has 5 heterocycles. The number of ether oxygens (including phenoxy) is 2. The van der Waals surface area contributed by atoms with E-state index in [0.717, 1.165) is 0 Å². The van der Waals surface area contributed by atoms with Crippen LogP contribution in [-0.4, -0.2) is 103 Å². The van der Waals surface area contributed by atoms with Gasteiger partial charge in [-0.2, -0.15) is 4.98 Å². The van der Waals surface area contributed by atoms with E-state index in [2.05, 4.69) is 47.8 Å². The molecule has 3 unspecified atom stereocenters. The SMILES string of the molecule is CNCC(C)(C)CC(=O)Nc1nc2c(ncn2[C@@H]2OC3COP(O)(=S)O[C@H]4C[C@H](Oc5ccncn5)C[C@@H]4COP(=O)(S)O[C@@H]2[C@@H]3O)c(=O)[nH]1. The molecule has 9 atom stereocenters. The Morgan fingerprint density at radius 3 is 2.78 bits per heavy atom. The first-order chi connectivity index (χ1) is 23.6. The molecule has 3 aromatic rings. The number of imidazole rings is 1. The summed E-state index contributed by atoms with van der Waals surface area (Å²) in [7, 11) is 1.78. The van der Waals surface area contributed by atoms with Gasteiger partial charge < -0.3 is 38.4 Å². The van der Waals surface area contributed by atoms with Crippen molar-refractivity contribution in [1.29, 1.82) is 0 Å². The number of H-pyrrole nitrogens is 1. The molecule has 3 fully saturated rings. The summed E-state index contributed by atoms with van der Waals surface area (Å²) in [4.78, 5) is 55.8. The summed E-state index contributed by atoms with van der Waals surface area (Å²) in [6, 6.07) is 1.59. The monoisotopic (exact) mass is 776 g/mol. The number of anilines is 1. The van der Waals surface area contributed by atoms with Crippen LogP contribution in [0.15, 0.2) is 29.7 Å². The number of rotatable bonds is 8. The Labute approximate surface area is 296 Å². The fourth-order valence-corrected chi connectivity index (χ4v) is 9.23. The molecule has 0 spiro atoms. The van der Waals surface area contributed by atoms with E-state index >= 15 is 0 Å². The van der Waals surface area contributed by atoms with E-state index in [1.54, 1.807) is 13.1 Å². The molecule has 3 aromatic heterocycles. The van der Waals surface area contributed by atoms with E-state index in [1.807, 2.05) is 13.8 Å². The van der Waals surface area contributed by atoms with Gasteiger partial charge in [0.15, 0.2) is 17.4 Å². The number of carbonyl (C=O) groups excluding carboxylic acids is 1. The zero-order valence-corrected chi connectivity index (χ0v) is 30.6. The molecule has 1 saturated carbocycles. The molecule has 6 rings (SSSR count). The first kappa shape index (κ1) is 37.4. The van der Waals surface area contributed by atoms with E-state index in [0.29, 0.717) is 18.8 Å². The predicted molar refractivity (Wildman–Crippen MR) is 183 cm³/mol. The summed E-state index contributed by atoms with van der Waals surface area (Å²) in [5.41, 5.74) is -1.20. The van der Waals surface area contributed by atoms with E-state index in [9.17, 15) is 24.2 Å². The van der Waals surface area contributed by atoms with E-state index < -0.39 is 74.3 Å². The molecule has 2 bridgehead atoms.